The van der Waals surface area contributed by atoms with Gasteiger partial charge in [-0.05, 0) is 52.4 Å². The number of rotatable bonds is 3. The highest BCUT2D eigenvalue weighted by Gasteiger charge is 2.34. The van der Waals surface area contributed by atoms with E-state index >= 15 is 0 Å². The SMILES string of the molecule is COC(=O)c1ccc(C2c3c(-c4ccc(F)cc4)n[nH]c(=O)c3Nc3nnnn32)cc1. The minimum Gasteiger partial charge on any atom is -0.465 e. The summed E-state index contributed by atoms with van der Waals surface area (Å²) in [6.45, 7) is 0. The minimum absolute atomic E-state index is 0.235. The lowest BCUT2D eigenvalue weighted by Crippen LogP contribution is -2.29. The molecule has 0 fully saturated rings. The van der Waals surface area contributed by atoms with Crippen LogP contribution in [0.3, 0.4) is 0 Å². The normalized spacial score (nSPS) is 14.3. The smallest absolute Gasteiger partial charge is 0.337 e. The third-order valence-electron chi connectivity index (χ3n) is 5.03. The van der Waals surface area contributed by atoms with Crippen LogP contribution in [0, 0.1) is 5.82 Å². The predicted molar refractivity (Wildman–Crippen MR) is 106 cm³/mol. The highest BCUT2D eigenvalue weighted by Crippen LogP contribution is 2.41. The predicted octanol–water partition coefficient (Wildman–Crippen LogP) is 2.04. The van der Waals surface area contributed by atoms with Crippen molar-refractivity contribution in [1.82, 2.24) is 30.4 Å². The van der Waals surface area contributed by atoms with Gasteiger partial charge in [-0.1, -0.05) is 17.2 Å². The quantitative estimate of drug-likeness (QED) is 0.425. The van der Waals surface area contributed by atoms with Crippen molar-refractivity contribution in [3.8, 4) is 11.3 Å². The number of aromatic amines is 1. The number of H-pyrrole nitrogens is 1. The summed E-state index contributed by atoms with van der Waals surface area (Å²) in [5.41, 5.74) is 2.42. The van der Waals surface area contributed by atoms with E-state index in [1.807, 2.05) is 0 Å². The van der Waals surface area contributed by atoms with Gasteiger partial charge in [-0.15, -0.1) is 0 Å². The summed E-state index contributed by atoms with van der Waals surface area (Å²) in [4.78, 5) is 24.4. The van der Waals surface area contributed by atoms with Crippen LogP contribution < -0.4 is 10.9 Å². The molecule has 31 heavy (non-hydrogen) atoms. The van der Waals surface area contributed by atoms with E-state index in [-0.39, 0.29) is 11.6 Å². The number of esters is 1. The Labute approximate surface area is 173 Å². The molecular formula is C20H14FN7O3. The van der Waals surface area contributed by atoms with Crippen molar-refractivity contribution in [1.29, 1.82) is 0 Å². The molecule has 0 spiro atoms. The summed E-state index contributed by atoms with van der Waals surface area (Å²) in [5, 5.41) is 21.4. The molecule has 3 heterocycles. The first kappa shape index (κ1) is 18.6. The fraction of sp³-hybridized carbons (Fsp3) is 0.100. The highest BCUT2D eigenvalue weighted by atomic mass is 19.1. The van der Waals surface area contributed by atoms with E-state index in [1.165, 1.54) is 23.9 Å². The molecule has 0 radical (unpaired) electrons. The van der Waals surface area contributed by atoms with E-state index in [2.05, 4.69) is 31.0 Å². The number of hydrogen-bond donors (Lipinski definition) is 2. The third-order valence-corrected chi connectivity index (χ3v) is 5.03. The Morgan fingerprint density at radius 2 is 1.87 bits per heavy atom. The molecule has 2 aromatic carbocycles. The fourth-order valence-corrected chi connectivity index (χ4v) is 3.59. The van der Waals surface area contributed by atoms with E-state index in [0.29, 0.717) is 27.9 Å². The summed E-state index contributed by atoms with van der Waals surface area (Å²) in [7, 11) is 1.31. The average molecular weight is 419 g/mol. The molecule has 4 aromatic rings. The standard InChI is InChI=1S/C20H14FN7O3/c1-31-19(30)12-4-2-11(3-5-12)17-14-15(10-6-8-13(21)9-7-10)23-24-18(29)16(14)22-20-25-26-27-28(17)20/h2-9,17H,1H3,(H,24,29)(H,22,25,27). The van der Waals surface area contributed by atoms with Crippen molar-refractivity contribution in [2.45, 2.75) is 6.04 Å². The van der Waals surface area contributed by atoms with Crippen molar-refractivity contribution in [2.75, 3.05) is 12.4 Å². The molecule has 0 bridgehead atoms. The van der Waals surface area contributed by atoms with Crippen molar-refractivity contribution in [3.05, 3.63) is 81.4 Å². The Bertz CT molecular complexity index is 1350. The minimum atomic E-state index is -0.622. The molecule has 11 heteroatoms. The zero-order valence-electron chi connectivity index (χ0n) is 16.0. The van der Waals surface area contributed by atoms with Gasteiger partial charge in [-0.2, -0.15) is 9.78 Å². The molecule has 0 saturated carbocycles. The van der Waals surface area contributed by atoms with Crippen LogP contribution in [0.1, 0.15) is 27.5 Å². The Morgan fingerprint density at radius 3 is 2.58 bits per heavy atom. The summed E-state index contributed by atoms with van der Waals surface area (Å²) in [6.07, 6.45) is 0. The molecule has 0 saturated heterocycles. The fourth-order valence-electron chi connectivity index (χ4n) is 3.59. The Balaban J connectivity index is 1.74. The number of carbonyl (C=O) groups excluding carboxylic acids is 1. The van der Waals surface area contributed by atoms with Gasteiger partial charge < -0.3 is 10.1 Å². The van der Waals surface area contributed by atoms with Gasteiger partial charge in [0.15, 0.2) is 0 Å². The first-order valence-corrected chi connectivity index (χ1v) is 9.18. The van der Waals surface area contributed by atoms with Crippen LogP contribution in [-0.2, 0) is 4.74 Å². The Morgan fingerprint density at radius 1 is 1.13 bits per heavy atom. The van der Waals surface area contributed by atoms with E-state index in [9.17, 15) is 14.0 Å². The molecule has 2 N–H and O–H groups in total. The molecule has 2 aromatic heterocycles. The lowest BCUT2D eigenvalue weighted by atomic mass is 9.92. The van der Waals surface area contributed by atoms with Gasteiger partial charge >= 0.3 is 5.97 Å². The number of tetrazole rings is 1. The third kappa shape index (κ3) is 3.03. The van der Waals surface area contributed by atoms with Crippen LogP contribution in [0.5, 0.6) is 0 Å². The number of nitrogens with zero attached hydrogens (tertiary/aromatic N) is 5. The van der Waals surface area contributed by atoms with Crippen LogP contribution in [0.25, 0.3) is 11.3 Å². The second-order valence-electron chi connectivity index (χ2n) is 6.79. The molecule has 0 amide bonds. The van der Waals surface area contributed by atoms with Gasteiger partial charge in [0.1, 0.15) is 17.5 Å². The van der Waals surface area contributed by atoms with Crippen molar-refractivity contribution < 1.29 is 13.9 Å². The summed E-state index contributed by atoms with van der Waals surface area (Å²) in [5.74, 6) is -0.584. The molecule has 1 atom stereocenters. The first-order chi connectivity index (χ1) is 15.1. The van der Waals surface area contributed by atoms with Crippen LogP contribution in [-0.4, -0.2) is 43.5 Å². The molecule has 1 unspecified atom stereocenters. The largest absolute Gasteiger partial charge is 0.465 e. The molecular weight excluding hydrogens is 405 g/mol. The van der Waals surface area contributed by atoms with E-state index in [4.69, 9.17) is 4.74 Å². The van der Waals surface area contributed by atoms with Gasteiger partial charge in [-0.25, -0.2) is 14.3 Å². The number of methoxy groups -OCH3 is 1. The Hall–Kier alpha value is -4.41. The number of fused-ring (bicyclic) bond motifs is 2. The second-order valence-corrected chi connectivity index (χ2v) is 6.79. The molecule has 1 aliphatic heterocycles. The van der Waals surface area contributed by atoms with Crippen LogP contribution in [0.2, 0.25) is 0 Å². The Kier molecular flexibility index (Phi) is 4.28. The first-order valence-electron chi connectivity index (χ1n) is 9.18. The maximum atomic E-state index is 13.5. The van der Waals surface area contributed by atoms with E-state index in [0.717, 1.165) is 0 Å². The number of anilines is 2. The highest BCUT2D eigenvalue weighted by molar-refractivity contribution is 5.89. The lowest BCUT2D eigenvalue weighted by Gasteiger charge is -2.27. The number of aromatic nitrogens is 6. The maximum absolute atomic E-state index is 13.5. The topological polar surface area (TPSA) is 128 Å². The number of halogens is 1. The van der Waals surface area contributed by atoms with Crippen LogP contribution >= 0.6 is 0 Å². The molecule has 1 aliphatic rings. The monoisotopic (exact) mass is 419 g/mol. The number of ether oxygens (including phenoxy) is 1. The number of carbonyl (C=O) groups is 1. The molecule has 5 rings (SSSR count). The lowest BCUT2D eigenvalue weighted by molar-refractivity contribution is 0.0600. The van der Waals surface area contributed by atoms with Crippen molar-refractivity contribution in [2.24, 2.45) is 0 Å². The van der Waals surface area contributed by atoms with Crippen molar-refractivity contribution >= 4 is 17.6 Å². The summed E-state index contributed by atoms with van der Waals surface area (Å²) < 4.78 is 19.7. The van der Waals surface area contributed by atoms with E-state index < -0.39 is 23.4 Å². The molecule has 10 nitrogen and oxygen atoms in total. The zero-order chi connectivity index (χ0) is 21.5. The number of hydrogen-bond acceptors (Lipinski definition) is 8. The molecule has 154 valence electrons. The zero-order valence-corrected chi connectivity index (χ0v) is 16.0. The van der Waals surface area contributed by atoms with Gasteiger partial charge in [0, 0.05) is 11.1 Å². The average Bonchev–Trinajstić information content (AvgIpc) is 3.27. The van der Waals surface area contributed by atoms with Gasteiger partial charge in [-0.3, -0.25) is 4.79 Å². The summed E-state index contributed by atoms with van der Waals surface area (Å²) in [6, 6.07) is 11.8. The maximum Gasteiger partial charge on any atom is 0.337 e. The van der Waals surface area contributed by atoms with Crippen LogP contribution in [0.15, 0.2) is 53.3 Å². The van der Waals surface area contributed by atoms with Gasteiger partial charge in [0.05, 0.1) is 18.4 Å². The second kappa shape index (κ2) is 7.13. The van der Waals surface area contributed by atoms with Gasteiger partial charge in [0.2, 0.25) is 5.95 Å². The van der Waals surface area contributed by atoms with Crippen molar-refractivity contribution in [3.63, 3.8) is 0 Å². The van der Waals surface area contributed by atoms with Crippen LogP contribution in [0.4, 0.5) is 16.0 Å². The van der Waals surface area contributed by atoms with Gasteiger partial charge in [0.25, 0.3) is 5.56 Å². The van der Waals surface area contributed by atoms with E-state index in [1.54, 1.807) is 36.4 Å². The molecule has 0 aliphatic carbocycles. The number of nitrogens with one attached hydrogen (secondary N) is 2. The summed E-state index contributed by atoms with van der Waals surface area (Å²) >= 11 is 0. The number of benzene rings is 2.